The molecule has 0 amide bonds. The van der Waals surface area contributed by atoms with E-state index in [4.69, 9.17) is 9.94 Å². The molecule has 1 fully saturated rings. The van der Waals surface area contributed by atoms with Crippen LogP contribution in [0.5, 0.6) is 0 Å². The lowest BCUT2D eigenvalue weighted by molar-refractivity contribution is 0.0291. The molecule has 0 spiro atoms. The molecule has 0 aromatic rings. The highest BCUT2D eigenvalue weighted by Crippen LogP contribution is 2.28. The van der Waals surface area contributed by atoms with Crippen LogP contribution in [0.3, 0.4) is 0 Å². The summed E-state index contributed by atoms with van der Waals surface area (Å²) in [7, 11) is 1.93. The van der Waals surface area contributed by atoms with Gasteiger partial charge in [-0.15, -0.1) is 0 Å². The first-order valence-corrected chi connectivity index (χ1v) is 5.22. The van der Waals surface area contributed by atoms with E-state index in [-0.39, 0.29) is 6.17 Å². The van der Waals surface area contributed by atoms with E-state index in [1.807, 2.05) is 29.2 Å². The van der Waals surface area contributed by atoms with Crippen LogP contribution in [0.4, 0.5) is 0 Å². The zero-order valence-corrected chi connectivity index (χ0v) is 8.91. The summed E-state index contributed by atoms with van der Waals surface area (Å²) in [6.07, 6.45) is 7.94. The standard InChI is InChI=1S/C10H17N3O2/c1-12-4-5-13(10(12)6-11-14)8-15-7-9-2-3-9/h4-6,9-10,14H,2-3,7-8H2,1H3/b11-6-. The van der Waals surface area contributed by atoms with Gasteiger partial charge in [0.15, 0.2) is 0 Å². The predicted octanol–water partition coefficient (Wildman–Crippen LogP) is 0.875. The van der Waals surface area contributed by atoms with Gasteiger partial charge in [-0.3, -0.25) is 0 Å². The Morgan fingerprint density at radius 2 is 2.33 bits per heavy atom. The van der Waals surface area contributed by atoms with E-state index in [9.17, 15) is 0 Å². The second-order valence-electron chi connectivity index (χ2n) is 4.10. The largest absolute Gasteiger partial charge is 0.411 e. The Balaban J connectivity index is 1.76. The first-order chi connectivity index (χ1) is 7.31. The molecule has 0 aromatic heterocycles. The molecule has 1 saturated carbocycles. The van der Waals surface area contributed by atoms with Gasteiger partial charge in [-0.05, 0) is 18.8 Å². The quantitative estimate of drug-likeness (QED) is 0.416. The van der Waals surface area contributed by atoms with Crippen molar-refractivity contribution in [1.29, 1.82) is 0 Å². The first-order valence-electron chi connectivity index (χ1n) is 5.22. The average molecular weight is 211 g/mol. The fourth-order valence-corrected chi connectivity index (χ4v) is 1.58. The maximum absolute atomic E-state index is 8.53. The smallest absolute Gasteiger partial charge is 0.142 e. The van der Waals surface area contributed by atoms with Gasteiger partial charge in [0.25, 0.3) is 0 Å². The van der Waals surface area contributed by atoms with Crippen LogP contribution < -0.4 is 0 Å². The number of hydrogen-bond donors (Lipinski definition) is 1. The van der Waals surface area contributed by atoms with Gasteiger partial charge < -0.3 is 19.7 Å². The van der Waals surface area contributed by atoms with Gasteiger partial charge in [-0.25, -0.2) is 0 Å². The van der Waals surface area contributed by atoms with Crippen molar-refractivity contribution in [1.82, 2.24) is 9.80 Å². The minimum Gasteiger partial charge on any atom is -0.411 e. The molecule has 84 valence electrons. The summed E-state index contributed by atoms with van der Waals surface area (Å²) in [5.41, 5.74) is 0. The van der Waals surface area contributed by atoms with Crippen LogP contribution in [0.1, 0.15) is 12.8 Å². The molecular weight excluding hydrogens is 194 g/mol. The Morgan fingerprint density at radius 3 is 3.00 bits per heavy atom. The van der Waals surface area contributed by atoms with Crippen LogP contribution in [-0.4, -0.2) is 47.8 Å². The van der Waals surface area contributed by atoms with E-state index in [1.54, 1.807) is 0 Å². The van der Waals surface area contributed by atoms with Crippen molar-refractivity contribution in [2.45, 2.75) is 19.0 Å². The zero-order chi connectivity index (χ0) is 10.7. The Morgan fingerprint density at radius 1 is 1.53 bits per heavy atom. The van der Waals surface area contributed by atoms with Crippen molar-refractivity contribution in [3.63, 3.8) is 0 Å². The molecule has 1 unspecified atom stereocenters. The molecule has 2 rings (SSSR count). The fourth-order valence-electron chi connectivity index (χ4n) is 1.58. The number of ether oxygens (including phenoxy) is 1. The van der Waals surface area contributed by atoms with Crippen LogP contribution in [-0.2, 0) is 4.74 Å². The fraction of sp³-hybridized carbons (Fsp3) is 0.700. The summed E-state index contributed by atoms with van der Waals surface area (Å²) < 4.78 is 5.57. The Labute approximate surface area is 89.6 Å². The van der Waals surface area contributed by atoms with Crippen LogP contribution in [0, 0.1) is 5.92 Å². The summed E-state index contributed by atoms with van der Waals surface area (Å²) in [5, 5.41) is 11.6. The molecule has 1 aliphatic carbocycles. The molecule has 5 heteroatoms. The molecule has 15 heavy (non-hydrogen) atoms. The van der Waals surface area contributed by atoms with Crippen molar-refractivity contribution < 1.29 is 9.94 Å². The van der Waals surface area contributed by atoms with Crippen molar-refractivity contribution in [2.24, 2.45) is 11.1 Å². The minimum absolute atomic E-state index is 0.0331. The third kappa shape index (κ3) is 2.62. The van der Waals surface area contributed by atoms with Gasteiger partial charge in [0.1, 0.15) is 12.9 Å². The van der Waals surface area contributed by atoms with Crippen LogP contribution in [0.25, 0.3) is 0 Å². The van der Waals surface area contributed by atoms with Gasteiger partial charge in [0.05, 0.1) is 12.8 Å². The molecule has 0 aromatic carbocycles. The predicted molar refractivity (Wildman–Crippen MR) is 56.4 cm³/mol. The van der Waals surface area contributed by atoms with Gasteiger partial charge in [-0.2, -0.15) is 0 Å². The summed E-state index contributed by atoms with van der Waals surface area (Å²) in [6.45, 7) is 1.39. The summed E-state index contributed by atoms with van der Waals surface area (Å²) >= 11 is 0. The monoisotopic (exact) mass is 211 g/mol. The third-order valence-electron chi connectivity index (χ3n) is 2.74. The second-order valence-corrected chi connectivity index (χ2v) is 4.10. The topological polar surface area (TPSA) is 48.3 Å². The number of hydrogen-bond acceptors (Lipinski definition) is 5. The molecule has 5 nitrogen and oxygen atoms in total. The molecule has 2 aliphatic rings. The highest BCUT2D eigenvalue weighted by atomic mass is 16.5. The first kappa shape index (κ1) is 10.3. The molecule has 1 N–H and O–H groups in total. The zero-order valence-electron chi connectivity index (χ0n) is 8.91. The van der Waals surface area contributed by atoms with Gasteiger partial charge in [-0.1, -0.05) is 5.16 Å². The maximum atomic E-state index is 8.53. The molecule has 1 atom stereocenters. The Kier molecular flexibility index (Phi) is 3.11. The lowest BCUT2D eigenvalue weighted by Crippen LogP contribution is -2.39. The van der Waals surface area contributed by atoms with E-state index < -0.39 is 0 Å². The summed E-state index contributed by atoms with van der Waals surface area (Å²) in [6, 6.07) is 0. The van der Waals surface area contributed by atoms with Crippen LogP contribution in [0.15, 0.2) is 17.6 Å². The molecular formula is C10H17N3O2. The van der Waals surface area contributed by atoms with E-state index >= 15 is 0 Å². The number of nitrogens with zero attached hydrogens (tertiary/aromatic N) is 3. The average Bonchev–Trinajstić information content (AvgIpc) is 2.98. The number of rotatable bonds is 5. The SMILES string of the molecule is CN1C=CN(COCC2CC2)C1/C=N\O. The highest BCUT2D eigenvalue weighted by Gasteiger charge is 2.24. The van der Waals surface area contributed by atoms with Gasteiger partial charge >= 0.3 is 0 Å². The Hall–Kier alpha value is -1.23. The normalized spacial score (nSPS) is 25.8. The Bertz CT molecular complexity index is 263. The van der Waals surface area contributed by atoms with E-state index in [1.165, 1.54) is 19.1 Å². The van der Waals surface area contributed by atoms with Crippen molar-refractivity contribution in [3.05, 3.63) is 12.4 Å². The number of oxime groups is 1. The lowest BCUT2D eigenvalue weighted by Gasteiger charge is -2.26. The molecule has 0 radical (unpaired) electrons. The molecule has 1 heterocycles. The molecule has 0 saturated heterocycles. The summed E-state index contributed by atoms with van der Waals surface area (Å²) in [4.78, 5) is 3.95. The van der Waals surface area contributed by atoms with E-state index in [0.717, 1.165) is 12.5 Å². The second kappa shape index (κ2) is 4.53. The van der Waals surface area contributed by atoms with E-state index in [0.29, 0.717) is 6.73 Å². The van der Waals surface area contributed by atoms with Gasteiger partial charge in [0.2, 0.25) is 0 Å². The van der Waals surface area contributed by atoms with E-state index in [2.05, 4.69) is 5.16 Å². The van der Waals surface area contributed by atoms with Crippen molar-refractivity contribution in [2.75, 3.05) is 20.4 Å². The van der Waals surface area contributed by atoms with Crippen LogP contribution in [0.2, 0.25) is 0 Å². The lowest BCUT2D eigenvalue weighted by atomic mass is 10.4. The molecule has 1 aliphatic heterocycles. The van der Waals surface area contributed by atoms with Crippen LogP contribution >= 0.6 is 0 Å². The molecule has 0 bridgehead atoms. The van der Waals surface area contributed by atoms with Crippen molar-refractivity contribution in [3.8, 4) is 0 Å². The third-order valence-corrected chi connectivity index (χ3v) is 2.74. The van der Waals surface area contributed by atoms with Gasteiger partial charge in [0, 0.05) is 19.4 Å². The maximum Gasteiger partial charge on any atom is 0.142 e. The minimum atomic E-state index is -0.0331. The highest BCUT2D eigenvalue weighted by molar-refractivity contribution is 5.64. The van der Waals surface area contributed by atoms with Crippen molar-refractivity contribution >= 4 is 6.21 Å². The summed E-state index contributed by atoms with van der Waals surface area (Å²) in [5.74, 6) is 0.777.